The van der Waals surface area contributed by atoms with E-state index in [1.54, 1.807) is 60.5 Å². The summed E-state index contributed by atoms with van der Waals surface area (Å²) < 4.78 is 28.2. The van der Waals surface area contributed by atoms with Gasteiger partial charge in [-0.3, -0.25) is 14.5 Å². The number of amides is 2. The van der Waals surface area contributed by atoms with E-state index < -0.39 is 31.6 Å². The first kappa shape index (κ1) is 24.8. The maximum Gasteiger partial charge on any atom is 0.266 e. The van der Waals surface area contributed by atoms with Crippen LogP contribution in [0.15, 0.2) is 66.7 Å². The normalized spacial score (nSPS) is 25.9. The number of benzene rings is 3. The van der Waals surface area contributed by atoms with Gasteiger partial charge in [-0.1, -0.05) is 31.2 Å². The fourth-order valence-electron chi connectivity index (χ4n) is 6.46. The molecule has 1 fully saturated rings. The molecule has 0 aromatic heterocycles. The van der Waals surface area contributed by atoms with Crippen LogP contribution >= 0.6 is 0 Å². The van der Waals surface area contributed by atoms with Crippen LogP contribution in [0.5, 0.6) is 11.5 Å². The zero-order valence-corrected chi connectivity index (χ0v) is 22.4. The van der Waals surface area contributed by atoms with Gasteiger partial charge in [0.2, 0.25) is 8.41 Å². The third-order valence-corrected chi connectivity index (χ3v) is 10.5. The molecule has 3 aliphatic rings. The lowest BCUT2D eigenvalue weighted by Gasteiger charge is -2.31. The van der Waals surface area contributed by atoms with E-state index in [1.807, 2.05) is 31.2 Å². The molecule has 3 aromatic rings. The highest BCUT2D eigenvalue weighted by Gasteiger charge is 2.65. The lowest BCUT2D eigenvalue weighted by molar-refractivity contribution is -0.143. The molecular weight excluding hydrogens is 503 g/mol. The van der Waals surface area contributed by atoms with Gasteiger partial charge in [0.1, 0.15) is 5.75 Å². The van der Waals surface area contributed by atoms with Gasteiger partial charge in [0.15, 0.2) is 11.4 Å². The summed E-state index contributed by atoms with van der Waals surface area (Å²) in [6.07, 6.45) is -0.353. The van der Waals surface area contributed by atoms with Gasteiger partial charge in [0.05, 0.1) is 17.4 Å². The Morgan fingerprint density at radius 3 is 2.50 bits per heavy atom. The molecule has 0 radical (unpaired) electrons. The van der Waals surface area contributed by atoms with E-state index in [4.69, 9.17) is 9.47 Å². The van der Waals surface area contributed by atoms with Crippen molar-refractivity contribution in [3.63, 3.8) is 0 Å². The molecule has 3 aliphatic heterocycles. The van der Waals surface area contributed by atoms with E-state index in [0.717, 1.165) is 0 Å². The Bertz CT molecular complexity index is 1460. The molecule has 0 saturated carbocycles. The third-order valence-electron chi connectivity index (χ3n) is 8.02. The highest BCUT2D eigenvalue weighted by atomic mass is 28.4. The van der Waals surface area contributed by atoms with Gasteiger partial charge < -0.3 is 24.0 Å². The SMILES string of the molecule is C[C@H]1[C@H]([Si](C)(C)F)[C@@H](CCO)O[C@]12C(=O)Nc1ccc(N3C(=O)c4ccccc4Oc4ccccc43)cc12. The smallest absolute Gasteiger partial charge is 0.266 e. The summed E-state index contributed by atoms with van der Waals surface area (Å²) >= 11 is 0. The molecule has 0 unspecified atom stereocenters. The van der Waals surface area contributed by atoms with Crippen LogP contribution in [0.2, 0.25) is 18.6 Å². The fourth-order valence-corrected chi connectivity index (χ4v) is 9.00. The van der Waals surface area contributed by atoms with Gasteiger partial charge >= 0.3 is 0 Å². The summed E-state index contributed by atoms with van der Waals surface area (Å²) in [6.45, 7) is 4.93. The molecular formula is C29H29FN2O5Si. The second-order valence-corrected chi connectivity index (χ2v) is 14.5. The Kier molecular flexibility index (Phi) is 5.71. The lowest BCUT2D eigenvalue weighted by Crippen LogP contribution is -2.42. The summed E-state index contributed by atoms with van der Waals surface area (Å²) in [6, 6.07) is 19.7. The predicted molar refractivity (Wildman–Crippen MR) is 144 cm³/mol. The van der Waals surface area contributed by atoms with Crippen LogP contribution < -0.4 is 15.0 Å². The molecule has 38 heavy (non-hydrogen) atoms. The van der Waals surface area contributed by atoms with Crippen LogP contribution in [0, 0.1) is 5.92 Å². The molecule has 2 amide bonds. The Morgan fingerprint density at radius 2 is 1.76 bits per heavy atom. The number of carbonyl (C=O) groups is 2. The van der Waals surface area contributed by atoms with Crippen LogP contribution in [0.3, 0.4) is 0 Å². The highest BCUT2D eigenvalue weighted by Crippen LogP contribution is 2.59. The van der Waals surface area contributed by atoms with E-state index in [9.17, 15) is 14.7 Å². The Labute approximate surface area is 221 Å². The second kappa shape index (κ2) is 8.76. The van der Waals surface area contributed by atoms with Crippen molar-refractivity contribution < 1.29 is 28.3 Å². The average Bonchev–Trinajstić information content (AvgIpc) is 3.29. The van der Waals surface area contributed by atoms with E-state index in [1.165, 1.54) is 0 Å². The number of aliphatic hydroxyl groups is 1. The molecule has 0 aliphatic carbocycles. The van der Waals surface area contributed by atoms with Gasteiger partial charge in [-0.2, -0.15) is 0 Å². The summed E-state index contributed by atoms with van der Waals surface area (Å²) in [5.41, 5.74) is 0.734. The van der Waals surface area contributed by atoms with Crippen molar-refractivity contribution in [1.29, 1.82) is 0 Å². The first-order valence-corrected chi connectivity index (χ1v) is 15.8. The van der Waals surface area contributed by atoms with Crippen LogP contribution in [0.4, 0.5) is 21.2 Å². The Hall–Kier alpha value is -3.53. The van der Waals surface area contributed by atoms with Gasteiger partial charge in [-0.25, -0.2) is 0 Å². The molecule has 4 atom stereocenters. The van der Waals surface area contributed by atoms with Gasteiger partial charge in [-0.05, 0) is 62.0 Å². The number of nitrogens with zero attached hydrogens (tertiary/aromatic N) is 1. The molecule has 3 aromatic carbocycles. The molecule has 3 heterocycles. The summed E-state index contributed by atoms with van der Waals surface area (Å²) in [7, 11) is -3.28. The molecule has 9 heteroatoms. The van der Waals surface area contributed by atoms with Crippen LogP contribution in [0.1, 0.15) is 29.3 Å². The minimum Gasteiger partial charge on any atom is -0.454 e. The summed E-state index contributed by atoms with van der Waals surface area (Å²) in [5.74, 6) is -0.116. The lowest BCUT2D eigenvalue weighted by atomic mass is 9.82. The van der Waals surface area contributed by atoms with E-state index >= 15 is 4.11 Å². The third kappa shape index (κ3) is 3.53. The monoisotopic (exact) mass is 532 g/mol. The number of ether oxygens (including phenoxy) is 2. The van der Waals surface area contributed by atoms with Crippen LogP contribution in [-0.4, -0.2) is 38.0 Å². The second-order valence-electron chi connectivity index (χ2n) is 10.7. The van der Waals surface area contributed by atoms with Gasteiger partial charge in [-0.15, -0.1) is 0 Å². The minimum absolute atomic E-state index is 0.165. The maximum absolute atomic E-state index is 15.6. The van der Waals surface area contributed by atoms with Crippen molar-refractivity contribution in [2.24, 2.45) is 5.92 Å². The number of para-hydroxylation sites is 3. The quantitative estimate of drug-likeness (QED) is 0.324. The van der Waals surface area contributed by atoms with E-state index in [0.29, 0.717) is 39.7 Å². The van der Waals surface area contributed by atoms with E-state index in [-0.39, 0.29) is 24.8 Å². The molecule has 1 spiro atoms. The van der Waals surface area contributed by atoms with Crippen molar-refractivity contribution in [1.82, 2.24) is 0 Å². The van der Waals surface area contributed by atoms with Crippen molar-refractivity contribution in [3.05, 3.63) is 77.9 Å². The largest absolute Gasteiger partial charge is 0.454 e. The van der Waals surface area contributed by atoms with Crippen LogP contribution in [0.25, 0.3) is 0 Å². The summed E-state index contributed by atoms with van der Waals surface area (Å²) in [4.78, 5) is 29.1. The van der Waals surface area contributed by atoms with Gasteiger partial charge in [0, 0.05) is 35.0 Å². The van der Waals surface area contributed by atoms with Crippen LogP contribution in [-0.2, 0) is 15.1 Å². The number of fused-ring (bicyclic) bond motifs is 4. The van der Waals surface area contributed by atoms with Crippen molar-refractivity contribution >= 4 is 37.3 Å². The first-order valence-electron chi connectivity index (χ1n) is 12.8. The number of hydrogen-bond donors (Lipinski definition) is 2. The molecule has 0 bridgehead atoms. The first-order chi connectivity index (χ1) is 18.2. The standard InChI is InChI=1S/C29H29FN2O5Si/c1-17-26(38(2,3)30)25(14-15-33)37-29(17)20-16-18(12-13-21(20)31-28(29)35)32-22-9-5-7-11-24(22)36-23-10-6-4-8-19(23)27(32)34/h4-13,16-17,25-26,33H,14-15H2,1-3H3,(H,31,35)/t17-,25+,26-,29+/m0/s1. The van der Waals surface area contributed by atoms with Gasteiger partial charge in [0.25, 0.3) is 11.8 Å². The number of carbonyl (C=O) groups excluding carboxylic acids is 2. The number of hydrogen-bond acceptors (Lipinski definition) is 5. The minimum atomic E-state index is -3.28. The fraction of sp³-hybridized carbons (Fsp3) is 0.310. The molecule has 1 saturated heterocycles. The number of nitrogens with one attached hydrogen (secondary N) is 1. The number of aliphatic hydroxyl groups excluding tert-OH is 1. The highest BCUT2D eigenvalue weighted by molar-refractivity contribution is 6.72. The molecule has 6 rings (SSSR count). The zero-order valence-electron chi connectivity index (χ0n) is 21.4. The molecule has 2 N–H and O–H groups in total. The zero-order chi connectivity index (χ0) is 26.8. The molecule has 196 valence electrons. The topological polar surface area (TPSA) is 88.1 Å². The average molecular weight is 533 g/mol. The number of halogens is 1. The number of rotatable bonds is 4. The predicted octanol–water partition coefficient (Wildman–Crippen LogP) is 5.88. The Morgan fingerprint density at radius 1 is 1.05 bits per heavy atom. The maximum atomic E-state index is 15.6. The van der Waals surface area contributed by atoms with Crippen molar-refractivity contribution in [2.75, 3.05) is 16.8 Å². The summed E-state index contributed by atoms with van der Waals surface area (Å²) in [5, 5.41) is 12.6. The molecule has 7 nitrogen and oxygen atoms in total. The van der Waals surface area contributed by atoms with Crippen molar-refractivity contribution in [2.45, 2.75) is 43.7 Å². The van der Waals surface area contributed by atoms with Crippen molar-refractivity contribution in [3.8, 4) is 11.5 Å². The van der Waals surface area contributed by atoms with E-state index in [2.05, 4.69) is 5.32 Å². The Balaban J connectivity index is 1.51. The number of anilines is 3.